The van der Waals surface area contributed by atoms with Gasteiger partial charge in [0.05, 0.1) is 0 Å². The van der Waals surface area contributed by atoms with E-state index in [1.165, 1.54) is 5.56 Å². The Morgan fingerprint density at radius 3 is 3.00 bits per heavy atom. The average molecular weight is 288 g/mol. The number of carbonyl (C=O) groups is 1. The van der Waals surface area contributed by atoms with Gasteiger partial charge >= 0.3 is 0 Å². The number of fused-ring (bicyclic) bond motifs is 1. The van der Waals surface area contributed by atoms with Crippen LogP contribution in [0, 0.1) is 0 Å². The molecule has 0 aliphatic carbocycles. The lowest BCUT2D eigenvalue weighted by molar-refractivity contribution is -0.127. The molecule has 3 rings (SSSR count). The molecule has 2 atom stereocenters. The summed E-state index contributed by atoms with van der Waals surface area (Å²) in [5.74, 6) is 0.133. The van der Waals surface area contributed by atoms with E-state index in [1.807, 2.05) is 11.0 Å². The molecule has 0 aromatic heterocycles. The molecule has 1 amide bonds. The van der Waals surface area contributed by atoms with E-state index in [0.717, 1.165) is 44.5 Å². The fourth-order valence-corrected chi connectivity index (χ4v) is 3.27. The molecular weight excluding hydrogens is 264 g/mol. The molecule has 2 aliphatic rings. The first-order valence-electron chi connectivity index (χ1n) is 8.06. The summed E-state index contributed by atoms with van der Waals surface area (Å²) < 4.78 is 5.57. The van der Waals surface area contributed by atoms with Crippen LogP contribution in [-0.4, -0.2) is 31.7 Å². The van der Waals surface area contributed by atoms with Gasteiger partial charge in [0.1, 0.15) is 6.10 Å². The second-order valence-corrected chi connectivity index (χ2v) is 5.85. The Morgan fingerprint density at radius 1 is 1.38 bits per heavy atom. The van der Waals surface area contributed by atoms with E-state index in [4.69, 9.17) is 4.74 Å². The molecule has 1 saturated heterocycles. The number of rotatable bonds is 4. The highest BCUT2D eigenvalue weighted by atomic mass is 16.5. The largest absolute Gasteiger partial charge is 0.368 e. The van der Waals surface area contributed by atoms with Crippen molar-refractivity contribution >= 4 is 11.6 Å². The summed E-state index contributed by atoms with van der Waals surface area (Å²) in [4.78, 5) is 14.6. The number of nitrogens with one attached hydrogen (secondary N) is 1. The molecule has 1 fully saturated rings. The number of para-hydroxylation sites is 1. The monoisotopic (exact) mass is 288 g/mol. The van der Waals surface area contributed by atoms with Crippen LogP contribution in [0.2, 0.25) is 0 Å². The lowest BCUT2D eigenvalue weighted by Gasteiger charge is -2.35. The van der Waals surface area contributed by atoms with Crippen molar-refractivity contribution in [3.05, 3.63) is 29.8 Å². The van der Waals surface area contributed by atoms with E-state index in [0.29, 0.717) is 12.6 Å². The van der Waals surface area contributed by atoms with Gasteiger partial charge in [0.25, 0.3) is 5.91 Å². The van der Waals surface area contributed by atoms with Gasteiger partial charge in [0, 0.05) is 24.9 Å². The van der Waals surface area contributed by atoms with Crippen molar-refractivity contribution in [3.63, 3.8) is 0 Å². The van der Waals surface area contributed by atoms with Crippen LogP contribution in [0.3, 0.4) is 0 Å². The molecule has 4 nitrogen and oxygen atoms in total. The molecule has 0 spiro atoms. The minimum absolute atomic E-state index is 0.133. The fraction of sp³-hybridized carbons (Fsp3) is 0.588. The lowest BCUT2D eigenvalue weighted by atomic mass is 9.95. The molecule has 1 aromatic carbocycles. The maximum atomic E-state index is 12.7. The van der Waals surface area contributed by atoms with E-state index in [1.54, 1.807) is 0 Å². The van der Waals surface area contributed by atoms with Gasteiger partial charge in [-0.25, -0.2) is 0 Å². The molecule has 4 heteroatoms. The van der Waals surface area contributed by atoms with E-state index >= 15 is 0 Å². The van der Waals surface area contributed by atoms with Gasteiger partial charge in [0.2, 0.25) is 0 Å². The predicted molar refractivity (Wildman–Crippen MR) is 83.4 cm³/mol. The highest BCUT2D eigenvalue weighted by Crippen LogP contribution is 2.34. The molecule has 2 unspecified atom stereocenters. The Bertz CT molecular complexity index is 497. The van der Waals surface area contributed by atoms with Crippen molar-refractivity contribution in [2.45, 2.75) is 44.8 Å². The highest BCUT2D eigenvalue weighted by Gasteiger charge is 2.33. The Hall–Kier alpha value is -1.39. The molecule has 114 valence electrons. The second kappa shape index (κ2) is 6.58. The van der Waals surface area contributed by atoms with Gasteiger partial charge < -0.3 is 15.0 Å². The lowest BCUT2D eigenvalue weighted by Crippen LogP contribution is -2.44. The number of anilines is 1. The predicted octanol–water partition coefficient (Wildman–Crippen LogP) is 2.64. The molecule has 0 bridgehead atoms. The maximum absolute atomic E-state index is 12.7. The van der Waals surface area contributed by atoms with Crippen LogP contribution in [0.5, 0.6) is 0 Å². The number of benzene rings is 1. The van der Waals surface area contributed by atoms with Gasteiger partial charge in [-0.2, -0.15) is 0 Å². The fourth-order valence-electron chi connectivity index (χ4n) is 3.27. The summed E-state index contributed by atoms with van der Waals surface area (Å²) in [5.41, 5.74) is 2.29. The summed E-state index contributed by atoms with van der Waals surface area (Å²) in [6.07, 6.45) is 3.70. The molecule has 0 radical (unpaired) electrons. The zero-order chi connectivity index (χ0) is 14.7. The van der Waals surface area contributed by atoms with Crippen LogP contribution in [-0.2, 0) is 9.53 Å². The van der Waals surface area contributed by atoms with E-state index in [9.17, 15) is 4.79 Å². The van der Waals surface area contributed by atoms with Gasteiger partial charge in [-0.15, -0.1) is 0 Å². The van der Waals surface area contributed by atoms with Crippen LogP contribution in [0.25, 0.3) is 0 Å². The van der Waals surface area contributed by atoms with Crippen LogP contribution in [0.4, 0.5) is 5.69 Å². The van der Waals surface area contributed by atoms with Crippen molar-refractivity contribution in [2.75, 3.05) is 24.6 Å². The zero-order valence-corrected chi connectivity index (χ0v) is 12.7. The minimum Gasteiger partial charge on any atom is -0.368 e. The summed E-state index contributed by atoms with van der Waals surface area (Å²) in [5, 5.41) is 3.59. The number of amides is 1. The number of hydrogen-bond acceptors (Lipinski definition) is 3. The van der Waals surface area contributed by atoms with Gasteiger partial charge in [-0.1, -0.05) is 25.1 Å². The standard InChI is InChI=1S/C17H24N2O2/c1-2-10-18-14-9-11-19(15-7-4-3-6-13(14)15)17(20)16-8-5-12-21-16/h3-4,6-7,14,16,18H,2,5,8-12H2,1H3. The topological polar surface area (TPSA) is 41.6 Å². The van der Waals surface area contributed by atoms with Crippen LogP contribution in [0.1, 0.15) is 44.2 Å². The molecule has 0 saturated carbocycles. The first-order chi connectivity index (χ1) is 10.3. The molecule has 2 aliphatic heterocycles. The normalized spacial score (nSPS) is 24.9. The third-order valence-electron chi connectivity index (χ3n) is 4.36. The van der Waals surface area contributed by atoms with Gasteiger partial charge in [-0.05, 0) is 43.9 Å². The second-order valence-electron chi connectivity index (χ2n) is 5.85. The third kappa shape index (κ3) is 2.97. The van der Waals surface area contributed by atoms with Crippen LogP contribution < -0.4 is 10.2 Å². The summed E-state index contributed by atoms with van der Waals surface area (Å²) in [6.45, 7) is 4.68. The first-order valence-corrected chi connectivity index (χ1v) is 8.06. The summed E-state index contributed by atoms with van der Waals surface area (Å²) in [6, 6.07) is 8.62. The smallest absolute Gasteiger partial charge is 0.256 e. The molecule has 21 heavy (non-hydrogen) atoms. The minimum atomic E-state index is -0.238. The van der Waals surface area contributed by atoms with Crippen molar-refractivity contribution in [3.8, 4) is 0 Å². The average Bonchev–Trinajstić information content (AvgIpc) is 3.06. The third-order valence-corrected chi connectivity index (χ3v) is 4.36. The maximum Gasteiger partial charge on any atom is 0.256 e. The van der Waals surface area contributed by atoms with E-state index in [-0.39, 0.29) is 12.0 Å². The number of carbonyl (C=O) groups excluding carboxylic acids is 1. The van der Waals surface area contributed by atoms with Crippen molar-refractivity contribution < 1.29 is 9.53 Å². The van der Waals surface area contributed by atoms with Crippen molar-refractivity contribution in [2.24, 2.45) is 0 Å². The Morgan fingerprint density at radius 2 is 2.24 bits per heavy atom. The van der Waals surface area contributed by atoms with Crippen LogP contribution >= 0.6 is 0 Å². The van der Waals surface area contributed by atoms with Gasteiger partial charge in [0.15, 0.2) is 0 Å². The molecule has 2 heterocycles. The SMILES string of the molecule is CCCNC1CCN(C(=O)C2CCCO2)c2ccccc21. The Kier molecular flexibility index (Phi) is 4.56. The highest BCUT2D eigenvalue weighted by molar-refractivity contribution is 5.97. The zero-order valence-electron chi connectivity index (χ0n) is 12.7. The van der Waals surface area contributed by atoms with Crippen LogP contribution in [0.15, 0.2) is 24.3 Å². The Labute approximate surface area is 126 Å². The number of ether oxygens (including phenoxy) is 1. The van der Waals surface area contributed by atoms with Crippen molar-refractivity contribution in [1.82, 2.24) is 5.32 Å². The number of hydrogen-bond donors (Lipinski definition) is 1. The van der Waals surface area contributed by atoms with E-state index < -0.39 is 0 Å². The Balaban J connectivity index is 1.82. The quantitative estimate of drug-likeness (QED) is 0.926. The molecule has 1 aromatic rings. The molecule has 1 N–H and O–H groups in total. The molecular formula is C17H24N2O2. The van der Waals surface area contributed by atoms with E-state index in [2.05, 4.69) is 30.4 Å². The summed E-state index contributed by atoms with van der Waals surface area (Å²) in [7, 11) is 0. The van der Waals surface area contributed by atoms with Gasteiger partial charge in [-0.3, -0.25) is 4.79 Å². The van der Waals surface area contributed by atoms with Crippen molar-refractivity contribution in [1.29, 1.82) is 0 Å². The number of nitrogens with zero attached hydrogens (tertiary/aromatic N) is 1. The first kappa shape index (κ1) is 14.5. The summed E-state index contributed by atoms with van der Waals surface area (Å²) >= 11 is 0.